The third-order valence-electron chi connectivity index (χ3n) is 7.56. The van der Waals surface area contributed by atoms with E-state index in [4.69, 9.17) is 39.7 Å². The lowest BCUT2D eigenvalue weighted by atomic mass is 10.1. The van der Waals surface area contributed by atoms with Crippen LogP contribution in [0.1, 0.15) is 22.8 Å². The summed E-state index contributed by atoms with van der Waals surface area (Å²) >= 11 is 0. The minimum atomic E-state index is -5.42. The Kier molecular flexibility index (Phi) is 13.3. The van der Waals surface area contributed by atoms with E-state index in [1.807, 2.05) is 0 Å². The van der Waals surface area contributed by atoms with Crippen LogP contribution in [0.2, 0.25) is 0 Å². The monoisotopic (exact) mass is 783 g/mol. The summed E-state index contributed by atoms with van der Waals surface area (Å²) in [5.41, 5.74) is 8.25. The minimum Gasteiger partial charge on any atom is -0.387 e. The predicted molar refractivity (Wildman–Crippen MR) is 165 cm³/mol. The van der Waals surface area contributed by atoms with Gasteiger partial charge in [-0.3, -0.25) is 23.2 Å². The Hall–Kier alpha value is -3.17. The van der Waals surface area contributed by atoms with Crippen LogP contribution in [0.25, 0.3) is 11.2 Å². The van der Waals surface area contributed by atoms with Crippen molar-refractivity contribution < 1.29 is 85.9 Å². The third-order valence-corrected chi connectivity index (χ3v) is 10.2. The summed E-state index contributed by atoms with van der Waals surface area (Å²) in [6, 6.07) is 2.83. The lowest BCUT2D eigenvalue weighted by Crippen LogP contribution is -2.46. The number of primary amides is 1. The highest BCUT2D eigenvalue weighted by atomic mass is 31.3. The van der Waals surface area contributed by atoms with Crippen LogP contribution < -0.4 is 21.7 Å². The second-order valence-corrected chi connectivity index (χ2v) is 14.1. The molecule has 2 fully saturated rings. The van der Waals surface area contributed by atoms with Gasteiger partial charge in [-0.15, -0.1) is 0 Å². The van der Waals surface area contributed by atoms with Crippen LogP contribution in [0.15, 0.2) is 37.2 Å². The van der Waals surface area contributed by atoms with E-state index >= 15 is 0 Å². The number of carbonyl (C=O) groups is 1. The number of aliphatic hydroxyl groups excluding tert-OH is 4. The Labute approximate surface area is 292 Å². The zero-order valence-corrected chi connectivity index (χ0v) is 28.6. The third kappa shape index (κ3) is 9.67. The van der Waals surface area contributed by atoms with Crippen molar-refractivity contribution in [1.29, 1.82) is 0 Å². The van der Waals surface area contributed by atoms with Crippen molar-refractivity contribution in [3.63, 3.8) is 0 Å². The van der Waals surface area contributed by atoms with Crippen molar-refractivity contribution in [2.45, 2.75) is 49.1 Å². The Balaban J connectivity index is 1.13. The second kappa shape index (κ2) is 17.3. The first-order valence-corrected chi connectivity index (χ1v) is 18.1. The number of ether oxygens (including phenoxy) is 3. The molecule has 0 bridgehead atoms. The lowest BCUT2D eigenvalue weighted by molar-refractivity contribution is -0.765. The number of anilines is 1. The van der Waals surface area contributed by atoms with Crippen LogP contribution in [0.3, 0.4) is 0 Å². The molecular weight excluding hydrogens is 746 g/mol. The van der Waals surface area contributed by atoms with Crippen LogP contribution in [-0.2, 0) is 46.4 Å². The van der Waals surface area contributed by atoms with Crippen LogP contribution in [0, 0.1) is 0 Å². The highest BCUT2D eigenvalue weighted by molar-refractivity contribution is 7.61. The summed E-state index contributed by atoms with van der Waals surface area (Å²) in [5.74, 6) is 4.29. The molecule has 288 valence electrons. The number of phosphoric acid groups is 2. The highest BCUT2D eigenvalue weighted by Gasteiger charge is 2.50. The van der Waals surface area contributed by atoms with Gasteiger partial charge in [0.25, 0.3) is 12.1 Å². The highest BCUT2D eigenvalue weighted by Crippen LogP contribution is 2.60. The summed E-state index contributed by atoms with van der Waals surface area (Å²) in [4.78, 5) is 53.8. The van der Waals surface area contributed by atoms with Gasteiger partial charge >= 0.3 is 15.6 Å². The molecule has 10 atom stereocenters. The molecule has 0 spiro atoms. The van der Waals surface area contributed by atoms with E-state index in [0.717, 1.165) is 6.33 Å². The van der Waals surface area contributed by atoms with Gasteiger partial charge in [-0.05, 0) is 6.07 Å². The minimum absolute atomic E-state index is 0.0621. The molecule has 2 unspecified atom stereocenters. The molecule has 1 amide bonds. The number of fused-ring (bicyclic) bond motifs is 1. The number of imidazole rings is 1. The maximum atomic E-state index is 12.6. The molecule has 2 aliphatic heterocycles. The number of carbonyl (C=O) groups excluding carboxylic acids is 1. The van der Waals surface area contributed by atoms with Crippen LogP contribution in [0.4, 0.5) is 5.82 Å². The first-order valence-electron chi connectivity index (χ1n) is 15.2. The Morgan fingerprint density at radius 2 is 1.62 bits per heavy atom. The van der Waals surface area contributed by atoms with Crippen LogP contribution in [-0.4, -0.2) is 132 Å². The number of nitrogens with zero attached hydrogens (tertiary/aromatic N) is 5. The van der Waals surface area contributed by atoms with Gasteiger partial charge in [-0.2, -0.15) is 8.88 Å². The van der Waals surface area contributed by atoms with E-state index in [9.17, 15) is 44.1 Å². The molecule has 3 aromatic rings. The van der Waals surface area contributed by atoms with Crippen molar-refractivity contribution in [3.8, 4) is 0 Å². The number of aliphatic hydroxyl groups is 4. The molecule has 2 saturated heterocycles. The molecule has 5 rings (SSSR count). The average Bonchev–Trinajstić information content (AvgIpc) is 3.75. The van der Waals surface area contributed by atoms with Gasteiger partial charge in [-0.25, -0.2) is 35.5 Å². The van der Waals surface area contributed by atoms with Crippen molar-refractivity contribution in [2.75, 3.05) is 45.1 Å². The fourth-order valence-corrected chi connectivity index (χ4v) is 7.15. The van der Waals surface area contributed by atoms with E-state index in [0.29, 0.717) is 0 Å². The number of pyridine rings is 1. The maximum Gasteiger partial charge on any atom is 0.481 e. The van der Waals surface area contributed by atoms with Gasteiger partial charge in [0.2, 0.25) is 0 Å². The normalized spacial score (nSPS) is 28.5. The number of nitrogens with one attached hydrogen (secondary N) is 1. The quantitative estimate of drug-likeness (QED) is 0.0248. The largest absolute Gasteiger partial charge is 0.481 e. The fourth-order valence-electron chi connectivity index (χ4n) is 5.06. The van der Waals surface area contributed by atoms with E-state index < -0.39 is 83.8 Å². The molecule has 5 heterocycles. The molecule has 2 aliphatic rings. The summed E-state index contributed by atoms with van der Waals surface area (Å²) in [7, 11) is -10.8. The molecule has 11 N–H and O–H groups in total. The molecule has 25 nitrogen and oxygen atoms in total. The number of hydrogen-bond donors (Lipinski definition) is 9. The number of amides is 1. The zero-order valence-electron chi connectivity index (χ0n) is 26.8. The van der Waals surface area contributed by atoms with Crippen molar-refractivity contribution in [2.24, 2.45) is 11.6 Å². The van der Waals surface area contributed by atoms with Gasteiger partial charge in [0.15, 0.2) is 41.7 Å². The SMILES string of the molecule is NOCCOCCONc1ncnc2c1ncn2[C@@H]1O[C@H](COP(=O)(O)OP(=O)(O)OC[C@H]2O[C@@H]([n+]3cccc(C(N)=O)c3)[C@H](O)[C@@H]2O)[C@@H](O)[C@H]1O. The number of nitrogens with two attached hydrogens (primary N) is 2. The van der Waals surface area contributed by atoms with E-state index in [1.165, 1.54) is 40.0 Å². The Bertz CT molecular complexity index is 1770. The summed E-state index contributed by atoms with van der Waals surface area (Å²) < 4.78 is 57.8. The van der Waals surface area contributed by atoms with Crippen LogP contribution >= 0.6 is 15.6 Å². The topological polar surface area (TPSA) is 358 Å². The first-order chi connectivity index (χ1) is 24.7. The van der Waals surface area contributed by atoms with Gasteiger partial charge in [0.05, 0.1) is 46.0 Å². The predicted octanol–water partition coefficient (Wildman–Crippen LogP) is -3.35. The molecule has 3 aromatic heterocycles. The smallest absolute Gasteiger partial charge is 0.387 e. The van der Waals surface area contributed by atoms with Crippen molar-refractivity contribution in [3.05, 3.63) is 42.7 Å². The summed E-state index contributed by atoms with van der Waals surface area (Å²) in [5, 5.41) is 42.1. The number of rotatable bonds is 19. The Morgan fingerprint density at radius 1 is 0.942 bits per heavy atom. The maximum absolute atomic E-state index is 12.6. The van der Waals surface area contributed by atoms with E-state index in [-0.39, 0.29) is 49.0 Å². The van der Waals surface area contributed by atoms with Gasteiger partial charge in [0, 0.05) is 6.07 Å². The van der Waals surface area contributed by atoms with Gasteiger partial charge < -0.3 is 55.0 Å². The molecule has 0 radical (unpaired) electrons. The lowest BCUT2D eigenvalue weighted by Gasteiger charge is -2.20. The first kappa shape index (κ1) is 40.0. The van der Waals surface area contributed by atoms with Gasteiger partial charge in [-0.1, -0.05) is 0 Å². The Morgan fingerprint density at radius 3 is 2.31 bits per heavy atom. The number of phosphoric ester groups is 2. The molecule has 0 aliphatic carbocycles. The summed E-state index contributed by atoms with van der Waals surface area (Å²) in [6.45, 7) is -1.05. The second-order valence-electron chi connectivity index (χ2n) is 11.1. The average molecular weight is 784 g/mol. The zero-order chi connectivity index (χ0) is 37.6. The molecule has 27 heteroatoms. The fraction of sp³-hybridized carbons (Fsp3) is 0.560. The van der Waals surface area contributed by atoms with E-state index in [1.54, 1.807) is 0 Å². The molecule has 52 heavy (non-hydrogen) atoms. The van der Waals surface area contributed by atoms with Crippen LogP contribution in [0.5, 0.6) is 0 Å². The number of hydrogen-bond acceptors (Lipinski definition) is 20. The molecular formula is C25H37N8O17P2+. The molecule has 0 saturated carbocycles. The van der Waals surface area contributed by atoms with E-state index in [2.05, 4.69) is 29.6 Å². The van der Waals surface area contributed by atoms with Gasteiger partial charge in [0.1, 0.15) is 42.4 Å². The number of aromatic nitrogens is 5. The summed E-state index contributed by atoms with van der Waals surface area (Å²) in [6.07, 6.45) is -7.09. The van der Waals surface area contributed by atoms with Crippen molar-refractivity contribution >= 4 is 38.5 Å². The van der Waals surface area contributed by atoms with Crippen molar-refractivity contribution in [1.82, 2.24) is 19.5 Å². The standard InChI is InChI=1S/C25H36N8O17P2/c26-21(38)13-2-1-3-32(8-13)24-19(36)17(34)14(48-24)9-46-51(39,40)50-52(41,42)47-10-15-18(35)20(37)25(49-15)33-12-30-16-22(28-11-29-23(16)33)31-45-7-5-43-4-6-44-27/h1-3,8,11-12,14-15,17-20,24-25,34-37H,4-7,9-10,27H2,(H4-,26,28,29,31,38,39,40,41,42)/p+1/t14-,15-,17-,18-,19-,20-,24-,25-/m1/s1. The molecule has 0 aromatic carbocycles.